The lowest BCUT2D eigenvalue weighted by Gasteiger charge is -2.37. The van der Waals surface area contributed by atoms with Crippen molar-refractivity contribution in [3.8, 4) is 0 Å². The maximum absolute atomic E-state index is 12.6. The van der Waals surface area contributed by atoms with Crippen LogP contribution in [-0.4, -0.2) is 41.5 Å². The number of amides is 1. The lowest BCUT2D eigenvalue weighted by Crippen LogP contribution is -2.64. The Hall–Kier alpha value is -1.17. The number of carbonyl (C=O) groups is 1. The number of nitrogens with zero attached hydrogens (tertiary/aromatic N) is 1. The van der Waals surface area contributed by atoms with E-state index in [1.165, 1.54) is 0 Å². The van der Waals surface area contributed by atoms with Crippen LogP contribution in [0.2, 0.25) is 0 Å². The highest BCUT2D eigenvalue weighted by Crippen LogP contribution is 2.32. The van der Waals surface area contributed by atoms with Crippen LogP contribution in [0, 0.1) is 0 Å². The van der Waals surface area contributed by atoms with Crippen LogP contribution in [0.25, 0.3) is 0 Å². The second-order valence-electron chi connectivity index (χ2n) is 5.46. The minimum Gasteiger partial charge on any atom is -0.379 e. The molecule has 1 amide bonds. The zero-order valence-electron chi connectivity index (χ0n) is 10.6. The molecule has 2 aliphatic heterocycles. The predicted molar refractivity (Wildman–Crippen MR) is 66.8 cm³/mol. The molecule has 0 spiro atoms. The minimum absolute atomic E-state index is 0.157. The van der Waals surface area contributed by atoms with Gasteiger partial charge in [-0.2, -0.15) is 4.59 Å². The molecular weight excluding hydrogens is 230 g/mol. The van der Waals surface area contributed by atoms with Crippen LogP contribution >= 0.6 is 0 Å². The molecule has 1 aliphatic carbocycles. The van der Waals surface area contributed by atoms with Gasteiger partial charge >= 0.3 is 5.91 Å². The first-order chi connectivity index (χ1) is 8.61. The number of quaternary nitrogens is 1. The Morgan fingerprint density at radius 2 is 2.11 bits per heavy atom. The van der Waals surface area contributed by atoms with E-state index in [9.17, 15) is 9.90 Å². The second kappa shape index (κ2) is 4.19. The van der Waals surface area contributed by atoms with E-state index >= 15 is 0 Å². The van der Waals surface area contributed by atoms with E-state index < -0.39 is 6.23 Å². The molecule has 5 heteroatoms. The first kappa shape index (κ1) is 11.9. The molecule has 2 heterocycles. The Kier molecular flexibility index (Phi) is 2.77. The monoisotopic (exact) mass is 250 g/mol. The summed E-state index contributed by atoms with van der Waals surface area (Å²) in [5.41, 5.74) is 5.19. The first-order valence-corrected chi connectivity index (χ1v) is 6.63. The normalized spacial score (nSPS) is 39.8. The van der Waals surface area contributed by atoms with Gasteiger partial charge in [0.1, 0.15) is 17.8 Å². The summed E-state index contributed by atoms with van der Waals surface area (Å²) < 4.78 is 0.234. The van der Waals surface area contributed by atoms with Crippen molar-refractivity contribution in [2.24, 2.45) is 0 Å². The smallest absolute Gasteiger partial charge is 0.372 e. The van der Waals surface area contributed by atoms with E-state index in [-0.39, 0.29) is 16.5 Å². The van der Waals surface area contributed by atoms with Gasteiger partial charge in [0, 0.05) is 6.42 Å². The molecule has 0 saturated carbocycles. The topological polar surface area (TPSA) is 61.4 Å². The van der Waals surface area contributed by atoms with Gasteiger partial charge in [-0.15, -0.1) is 0 Å². The second-order valence-corrected chi connectivity index (χ2v) is 5.46. The van der Waals surface area contributed by atoms with Crippen LogP contribution in [0.15, 0.2) is 23.4 Å². The van der Waals surface area contributed by atoms with Crippen LogP contribution in [0.4, 0.5) is 0 Å². The number of rotatable bonds is 1. The quantitative estimate of drug-likeness (QED) is 0.580. The Morgan fingerprint density at radius 3 is 2.78 bits per heavy atom. The van der Waals surface area contributed by atoms with Crippen molar-refractivity contribution in [2.75, 3.05) is 13.6 Å². The van der Waals surface area contributed by atoms with Crippen molar-refractivity contribution >= 4 is 5.91 Å². The highest BCUT2D eigenvalue weighted by molar-refractivity contribution is 5.95. The number of nitrogens with one attached hydrogen (secondary N) is 2. The number of piperidine rings is 1. The minimum atomic E-state index is -0.425. The summed E-state index contributed by atoms with van der Waals surface area (Å²) in [7, 11) is 1.94. The molecule has 3 N–H and O–H groups in total. The summed E-state index contributed by atoms with van der Waals surface area (Å²) in [6.45, 7) is 0.664. The molecule has 0 aromatic heterocycles. The molecule has 2 saturated heterocycles. The van der Waals surface area contributed by atoms with Crippen LogP contribution in [0.5, 0.6) is 0 Å². The molecule has 0 aromatic rings. The third-order valence-corrected chi connectivity index (χ3v) is 4.25. The molecule has 18 heavy (non-hydrogen) atoms. The lowest BCUT2D eigenvalue weighted by atomic mass is 10.0. The van der Waals surface area contributed by atoms with Gasteiger partial charge in [0.15, 0.2) is 0 Å². The highest BCUT2D eigenvalue weighted by Gasteiger charge is 2.51. The number of hydrogen-bond acceptors (Lipinski definition) is 4. The fourth-order valence-corrected chi connectivity index (χ4v) is 3.06. The average Bonchev–Trinajstić information content (AvgIpc) is 2.64. The average molecular weight is 250 g/mol. The Labute approximate surface area is 107 Å². The molecule has 3 unspecified atom stereocenters. The van der Waals surface area contributed by atoms with E-state index in [0.717, 1.165) is 30.5 Å². The van der Waals surface area contributed by atoms with Gasteiger partial charge in [0.2, 0.25) is 0 Å². The number of hydrogen-bond donors (Lipinski definition) is 3. The highest BCUT2D eigenvalue weighted by atomic mass is 16.3. The van der Waals surface area contributed by atoms with Gasteiger partial charge in [0.25, 0.3) is 0 Å². The predicted octanol–water partition coefficient (Wildman–Crippen LogP) is 0.152. The Balaban J connectivity index is 1.85. The van der Waals surface area contributed by atoms with Crippen molar-refractivity contribution in [3.63, 3.8) is 0 Å². The van der Waals surface area contributed by atoms with Gasteiger partial charge in [0.05, 0.1) is 19.3 Å². The van der Waals surface area contributed by atoms with Crippen LogP contribution in [0.1, 0.15) is 25.7 Å². The molecule has 3 aliphatic rings. The molecule has 2 fully saturated rings. The number of likely N-dealkylation sites (N-methyl/N-ethyl adjacent to an activating group) is 1. The molecule has 0 bridgehead atoms. The summed E-state index contributed by atoms with van der Waals surface area (Å²) in [6.07, 6.45) is 7.23. The number of fused-ring (bicyclic) bond motifs is 1. The van der Waals surface area contributed by atoms with E-state index in [1.807, 2.05) is 13.1 Å². The van der Waals surface area contributed by atoms with Crippen molar-refractivity contribution in [3.05, 3.63) is 23.4 Å². The van der Waals surface area contributed by atoms with Gasteiger partial charge in [-0.3, -0.25) is 5.32 Å². The van der Waals surface area contributed by atoms with E-state index in [0.29, 0.717) is 13.0 Å². The fourth-order valence-electron chi connectivity index (χ4n) is 3.06. The summed E-state index contributed by atoms with van der Waals surface area (Å²) in [4.78, 5) is 12.6. The van der Waals surface area contributed by atoms with E-state index in [1.54, 1.807) is 0 Å². The van der Waals surface area contributed by atoms with Crippen LogP contribution in [-0.2, 0) is 4.79 Å². The van der Waals surface area contributed by atoms with Gasteiger partial charge in [-0.25, -0.2) is 10.2 Å². The fraction of sp³-hybridized carbons (Fsp3) is 0.615. The van der Waals surface area contributed by atoms with E-state index in [4.69, 9.17) is 0 Å². The summed E-state index contributed by atoms with van der Waals surface area (Å²) in [6, 6.07) is 0.174. The van der Waals surface area contributed by atoms with Crippen molar-refractivity contribution in [1.82, 2.24) is 10.7 Å². The number of carbonyl (C=O) groups excluding carboxylic acids is 1. The summed E-state index contributed by atoms with van der Waals surface area (Å²) in [5, 5.41) is 12.5. The zero-order chi connectivity index (χ0) is 12.8. The first-order valence-electron chi connectivity index (χ1n) is 6.63. The maximum Gasteiger partial charge on any atom is 0.372 e. The Bertz CT molecular complexity index is 436. The molecular formula is C13H20N3O2+. The third kappa shape index (κ3) is 1.70. The summed E-state index contributed by atoms with van der Waals surface area (Å²) >= 11 is 0. The SMILES string of the molecule is C[N+]1(C2CCC(O)NC2)NC2=CCCC=C2C1=O. The molecule has 98 valence electrons. The molecule has 0 radical (unpaired) electrons. The molecule has 0 aromatic carbocycles. The van der Waals surface area contributed by atoms with Crippen molar-refractivity contribution in [2.45, 2.75) is 38.0 Å². The number of aliphatic hydroxyl groups excluding tert-OH is 1. The van der Waals surface area contributed by atoms with Gasteiger partial charge in [-0.1, -0.05) is 12.2 Å². The molecule has 3 atom stereocenters. The molecule has 5 nitrogen and oxygen atoms in total. The van der Waals surface area contributed by atoms with Crippen LogP contribution < -0.4 is 10.7 Å². The maximum atomic E-state index is 12.6. The lowest BCUT2D eigenvalue weighted by molar-refractivity contribution is -0.891. The zero-order valence-corrected chi connectivity index (χ0v) is 10.6. The largest absolute Gasteiger partial charge is 0.379 e. The van der Waals surface area contributed by atoms with Gasteiger partial charge < -0.3 is 5.11 Å². The van der Waals surface area contributed by atoms with E-state index in [2.05, 4.69) is 16.8 Å². The third-order valence-electron chi connectivity index (χ3n) is 4.25. The van der Waals surface area contributed by atoms with Gasteiger partial charge in [-0.05, 0) is 19.3 Å². The van der Waals surface area contributed by atoms with Crippen molar-refractivity contribution in [1.29, 1.82) is 0 Å². The van der Waals surface area contributed by atoms with Crippen LogP contribution in [0.3, 0.4) is 0 Å². The molecule has 3 rings (SSSR count). The van der Waals surface area contributed by atoms with Crippen molar-refractivity contribution < 1.29 is 14.5 Å². The Morgan fingerprint density at radius 1 is 1.33 bits per heavy atom. The standard InChI is InChI=1S/C13H20N3O2/c1-16(9-6-7-12(17)14-8-9)13(18)10-4-2-3-5-11(10)15-16/h4-5,9,12,14-15,17H,2-3,6-8H2,1H3/q+1. The number of allylic oxidation sites excluding steroid dienone is 2. The number of aliphatic hydroxyl groups is 1. The summed E-state index contributed by atoms with van der Waals surface area (Å²) in [5.74, 6) is 0.157.